The highest BCUT2D eigenvalue weighted by Gasteiger charge is 2.35. The lowest BCUT2D eigenvalue weighted by atomic mass is 10.1. The van der Waals surface area contributed by atoms with Gasteiger partial charge in [-0.25, -0.2) is 9.78 Å². The average molecular weight is 426 g/mol. The summed E-state index contributed by atoms with van der Waals surface area (Å²) in [6, 6.07) is 7.87. The van der Waals surface area contributed by atoms with E-state index in [4.69, 9.17) is 14.5 Å². The smallest absolute Gasteiger partial charge is 0.410 e. The molecule has 2 heterocycles. The van der Waals surface area contributed by atoms with Crippen molar-refractivity contribution >= 4 is 22.9 Å². The minimum Gasteiger partial charge on any atom is -0.493 e. The number of pyridine rings is 1. The molecule has 2 amide bonds. The van der Waals surface area contributed by atoms with E-state index in [0.29, 0.717) is 38.5 Å². The van der Waals surface area contributed by atoms with E-state index in [9.17, 15) is 9.59 Å². The summed E-state index contributed by atoms with van der Waals surface area (Å²) in [5.41, 5.74) is 2.45. The monoisotopic (exact) mass is 425 g/mol. The largest absolute Gasteiger partial charge is 0.493 e. The summed E-state index contributed by atoms with van der Waals surface area (Å²) in [6.07, 6.45) is 3.69. The van der Waals surface area contributed by atoms with Gasteiger partial charge in [-0.15, -0.1) is 0 Å². The molecule has 1 aliphatic heterocycles. The van der Waals surface area contributed by atoms with Gasteiger partial charge in [0.05, 0.1) is 17.8 Å². The molecular formula is C24H31N3O4. The molecule has 7 nitrogen and oxygen atoms in total. The predicted octanol–water partition coefficient (Wildman–Crippen LogP) is 3.91. The molecule has 1 aromatic heterocycles. The van der Waals surface area contributed by atoms with Crippen molar-refractivity contribution in [3.8, 4) is 5.75 Å². The number of nitrogens with zero attached hydrogens (tertiary/aromatic N) is 3. The van der Waals surface area contributed by atoms with Gasteiger partial charge in [-0.2, -0.15) is 0 Å². The Balaban J connectivity index is 1.39. The lowest BCUT2D eigenvalue weighted by Crippen LogP contribution is -2.51. The molecule has 2 aliphatic rings. The van der Waals surface area contributed by atoms with Crippen molar-refractivity contribution in [1.82, 2.24) is 14.8 Å². The number of rotatable bonds is 7. The van der Waals surface area contributed by atoms with Gasteiger partial charge in [-0.05, 0) is 38.3 Å². The average Bonchev–Trinajstić information content (AvgIpc) is 3.64. The van der Waals surface area contributed by atoms with Crippen LogP contribution in [0.3, 0.4) is 0 Å². The molecule has 31 heavy (non-hydrogen) atoms. The number of ether oxygens (including phenoxy) is 2. The molecule has 0 bridgehead atoms. The highest BCUT2D eigenvalue weighted by atomic mass is 16.6. The van der Waals surface area contributed by atoms with Gasteiger partial charge in [-0.3, -0.25) is 4.79 Å². The molecule has 2 aromatic rings. The predicted molar refractivity (Wildman–Crippen MR) is 118 cm³/mol. The molecule has 0 atom stereocenters. The lowest BCUT2D eigenvalue weighted by molar-refractivity contribution is -0.134. The number of amides is 2. The van der Waals surface area contributed by atoms with Gasteiger partial charge in [0, 0.05) is 43.0 Å². The number of piperazine rings is 1. The third-order valence-corrected chi connectivity index (χ3v) is 6.03. The fourth-order valence-electron chi connectivity index (χ4n) is 3.89. The maximum atomic E-state index is 12.6. The van der Waals surface area contributed by atoms with Crippen molar-refractivity contribution in [1.29, 1.82) is 0 Å². The van der Waals surface area contributed by atoms with Gasteiger partial charge in [0.25, 0.3) is 0 Å². The zero-order valence-corrected chi connectivity index (χ0v) is 18.4. The lowest BCUT2D eigenvalue weighted by Gasteiger charge is -2.34. The van der Waals surface area contributed by atoms with Crippen molar-refractivity contribution < 1.29 is 19.1 Å². The number of hydrogen-bond acceptors (Lipinski definition) is 5. The van der Waals surface area contributed by atoms with E-state index in [0.717, 1.165) is 47.9 Å². The van der Waals surface area contributed by atoms with E-state index in [1.54, 1.807) is 4.90 Å². The molecule has 0 spiro atoms. The summed E-state index contributed by atoms with van der Waals surface area (Å²) in [4.78, 5) is 33.1. The second-order valence-corrected chi connectivity index (χ2v) is 8.37. The van der Waals surface area contributed by atoms with E-state index in [1.165, 1.54) is 0 Å². The van der Waals surface area contributed by atoms with Crippen LogP contribution in [0.25, 0.3) is 10.9 Å². The first-order valence-electron chi connectivity index (χ1n) is 11.3. The maximum Gasteiger partial charge on any atom is 0.410 e. The molecule has 4 rings (SSSR count). The number of fused-ring (bicyclic) bond motifs is 1. The van der Waals surface area contributed by atoms with E-state index in [2.05, 4.69) is 6.92 Å². The molecule has 1 aromatic carbocycles. The summed E-state index contributed by atoms with van der Waals surface area (Å²) in [5, 5.41) is 0.975. The normalized spacial score (nSPS) is 16.5. The summed E-state index contributed by atoms with van der Waals surface area (Å²) < 4.78 is 11.7. The van der Waals surface area contributed by atoms with Gasteiger partial charge in [0.1, 0.15) is 12.4 Å². The van der Waals surface area contributed by atoms with Crippen molar-refractivity contribution in [2.24, 2.45) is 5.92 Å². The number of para-hydroxylation sites is 1. The Labute approximate surface area is 183 Å². The maximum absolute atomic E-state index is 12.6. The van der Waals surface area contributed by atoms with Crippen molar-refractivity contribution in [3.63, 3.8) is 0 Å². The minimum atomic E-state index is -0.360. The van der Waals surface area contributed by atoms with Gasteiger partial charge < -0.3 is 19.3 Å². The van der Waals surface area contributed by atoms with Crippen molar-refractivity contribution in [3.05, 3.63) is 35.5 Å². The zero-order valence-electron chi connectivity index (χ0n) is 18.4. The first kappa shape index (κ1) is 21.4. The Morgan fingerprint density at radius 1 is 1.10 bits per heavy atom. The Morgan fingerprint density at radius 3 is 2.52 bits per heavy atom. The van der Waals surface area contributed by atoms with Crippen LogP contribution >= 0.6 is 0 Å². The van der Waals surface area contributed by atoms with Gasteiger partial charge >= 0.3 is 6.09 Å². The highest BCUT2D eigenvalue weighted by Crippen LogP contribution is 2.32. The van der Waals surface area contributed by atoms with Crippen molar-refractivity contribution in [2.45, 2.75) is 46.1 Å². The SMILES string of the molecule is CCCCOc1c(C)c(COC(=O)N2CCN(C(=O)C3CC3)CC2)nc2ccccc12. The molecule has 0 radical (unpaired) electrons. The van der Waals surface area contributed by atoms with Crippen LogP contribution in [0.15, 0.2) is 24.3 Å². The molecule has 0 unspecified atom stereocenters. The number of aromatic nitrogens is 1. The molecule has 166 valence electrons. The molecule has 7 heteroatoms. The first-order chi connectivity index (χ1) is 15.1. The summed E-state index contributed by atoms with van der Waals surface area (Å²) in [6.45, 7) is 7.01. The zero-order chi connectivity index (χ0) is 21.8. The molecular weight excluding hydrogens is 394 g/mol. The number of hydrogen-bond donors (Lipinski definition) is 0. The number of carbonyl (C=O) groups excluding carboxylic acids is 2. The topological polar surface area (TPSA) is 72.0 Å². The highest BCUT2D eigenvalue weighted by molar-refractivity contribution is 5.86. The third-order valence-electron chi connectivity index (χ3n) is 6.03. The van der Waals surface area contributed by atoms with E-state index >= 15 is 0 Å². The third kappa shape index (κ3) is 4.92. The second-order valence-electron chi connectivity index (χ2n) is 8.37. The van der Waals surface area contributed by atoms with Crippen LogP contribution in [0.5, 0.6) is 5.75 Å². The molecule has 2 fully saturated rings. The van der Waals surface area contributed by atoms with Crippen LogP contribution in [-0.4, -0.2) is 59.6 Å². The van der Waals surface area contributed by atoms with Crippen LogP contribution in [0.1, 0.15) is 43.9 Å². The summed E-state index contributed by atoms with van der Waals surface area (Å²) >= 11 is 0. The summed E-state index contributed by atoms with van der Waals surface area (Å²) in [7, 11) is 0. The van der Waals surface area contributed by atoms with Gasteiger partial charge in [-0.1, -0.05) is 25.5 Å². The fourth-order valence-corrected chi connectivity index (χ4v) is 3.89. The van der Waals surface area contributed by atoms with Gasteiger partial charge in [0.15, 0.2) is 0 Å². The fraction of sp³-hybridized carbons (Fsp3) is 0.542. The molecule has 0 N–H and O–H groups in total. The van der Waals surface area contributed by atoms with Crippen LogP contribution in [0.2, 0.25) is 0 Å². The van der Waals surface area contributed by atoms with E-state index in [1.807, 2.05) is 36.1 Å². The quantitative estimate of drug-likeness (QED) is 0.629. The Hall–Kier alpha value is -2.83. The van der Waals surface area contributed by atoms with Crippen LogP contribution in [-0.2, 0) is 16.1 Å². The Morgan fingerprint density at radius 2 is 1.81 bits per heavy atom. The Bertz CT molecular complexity index is 949. The molecule has 1 saturated carbocycles. The number of carbonyl (C=O) groups is 2. The molecule has 1 saturated heterocycles. The standard InChI is InChI=1S/C24H31N3O4/c1-3-4-15-30-22-17(2)21(25-20-8-6-5-7-19(20)22)16-31-24(29)27-13-11-26(12-14-27)23(28)18-9-10-18/h5-8,18H,3-4,9-16H2,1-2H3. The first-order valence-corrected chi connectivity index (χ1v) is 11.3. The van der Waals surface area contributed by atoms with Crippen LogP contribution < -0.4 is 4.74 Å². The second kappa shape index (κ2) is 9.54. The van der Waals surface area contributed by atoms with Crippen molar-refractivity contribution in [2.75, 3.05) is 32.8 Å². The minimum absolute atomic E-state index is 0.0981. The number of unbranched alkanes of at least 4 members (excludes halogenated alkanes) is 1. The van der Waals surface area contributed by atoms with Crippen LogP contribution in [0, 0.1) is 12.8 Å². The Kier molecular flexibility index (Phi) is 6.59. The van der Waals surface area contributed by atoms with E-state index in [-0.39, 0.29) is 24.5 Å². The summed E-state index contributed by atoms with van der Waals surface area (Å²) in [5.74, 6) is 1.27. The van der Waals surface area contributed by atoms with Crippen LogP contribution in [0.4, 0.5) is 4.79 Å². The molecule has 1 aliphatic carbocycles. The van der Waals surface area contributed by atoms with E-state index < -0.39 is 0 Å². The number of benzene rings is 1. The van der Waals surface area contributed by atoms with Gasteiger partial charge in [0.2, 0.25) is 5.91 Å².